The van der Waals surface area contributed by atoms with Gasteiger partial charge in [0, 0.05) is 30.7 Å². The van der Waals surface area contributed by atoms with Crippen LogP contribution in [-0.2, 0) is 0 Å². The molecule has 0 aliphatic heterocycles. The third kappa shape index (κ3) is 3.01. The Kier molecular flexibility index (Phi) is 3.83. The summed E-state index contributed by atoms with van der Waals surface area (Å²) in [6, 6.07) is 8.74. The highest BCUT2D eigenvalue weighted by atomic mass is 16.3. The molecule has 1 fully saturated rings. The molecule has 21 heavy (non-hydrogen) atoms. The average molecular weight is 285 g/mol. The van der Waals surface area contributed by atoms with Crippen molar-refractivity contribution in [1.82, 2.24) is 14.9 Å². The standard InChI is InChI=1S/C17H23N3O/c1-13(19-12-17(21)8-3-9-17)15-4-6-16(7-5-15)20-11-10-18-14(20)2/h4-7,10-11,13,19,21H,3,8-9,12H2,1-2H3. The van der Waals surface area contributed by atoms with Crippen molar-refractivity contribution < 1.29 is 5.11 Å². The zero-order chi connectivity index (χ0) is 14.9. The van der Waals surface area contributed by atoms with Gasteiger partial charge in [-0.1, -0.05) is 12.1 Å². The van der Waals surface area contributed by atoms with E-state index in [2.05, 4.69) is 46.1 Å². The van der Waals surface area contributed by atoms with Gasteiger partial charge in [0.15, 0.2) is 0 Å². The number of benzene rings is 1. The van der Waals surface area contributed by atoms with E-state index >= 15 is 0 Å². The molecule has 3 rings (SSSR count). The highest BCUT2D eigenvalue weighted by Gasteiger charge is 2.34. The van der Waals surface area contributed by atoms with E-state index in [-0.39, 0.29) is 6.04 Å². The van der Waals surface area contributed by atoms with Crippen LogP contribution in [0.15, 0.2) is 36.7 Å². The minimum atomic E-state index is -0.470. The number of imidazole rings is 1. The molecule has 0 bridgehead atoms. The smallest absolute Gasteiger partial charge is 0.110 e. The fraction of sp³-hybridized carbons (Fsp3) is 0.471. The zero-order valence-corrected chi connectivity index (χ0v) is 12.7. The van der Waals surface area contributed by atoms with Gasteiger partial charge in [0.25, 0.3) is 0 Å². The normalized spacial score (nSPS) is 18.2. The monoisotopic (exact) mass is 285 g/mol. The van der Waals surface area contributed by atoms with Gasteiger partial charge in [0.05, 0.1) is 5.60 Å². The van der Waals surface area contributed by atoms with Crippen LogP contribution in [0.3, 0.4) is 0 Å². The maximum Gasteiger partial charge on any atom is 0.110 e. The Balaban J connectivity index is 1.65. The van der Waals surface area contributed by atoms with E-state index in [1.54, 1.807) is 0 Å². The molecule has 0 amide bonds. The number of nitrogens with one attached hydrogen (secondary N) is 1. The number of aromatic nitrogens is 2. The van der Waals surface area contributed by atoms with Crippen LogP contribution in [0.2, 0.25) is 0 Å². The lowest BCUT2D eigenvalue weighted by Gasteiger charge is -2.37. The van der Waals surface area contributed by atoms with Crippen molar-refractivity contribution in [1.29, 1.82) is 0 Å². The van der Waals surface area contributed by atoms with Crippen molar-refractivity contribution in [2.24, 2.45) is 0 Å². The number of hydrogen-bond acceptors (Lipinski definition) is 3. The van der Waals surface area contributed by atoms with E-state index < -0.39 is 5.60 Å². The number of aryl methyl sites for hydroxylation is 1. The molecule has 2 aromatic rings. The molecule has 0 radical (unpaired) electrons. The number of rotatable bonds is 5. The quantitative estimate of drug-likeness (QED) is 0.888. The molecule has 2 N–H and O–H groups in total. The molecule has 1 aliphatic rings. The van der Waals surface area contributed by atoms with Gasteiger partial charge >= 0.3 is 0 Å². The molecule has 1 aromatic heterocycles. The Bertz CT molecular complexity index is 599. The first-order chi connectivity index (χ1) is 10.1. The van der Waals surface area contributed by atoms with Gasteiger partial charge in [-0.3, -0.25) is 0 Å². The molecular formula is C17H23N3O. The molecule has 1 aliphatic carbocycles. The van der Waals surface area contributed by atoms with Crippen LogP contribution in [0, 0.1) is 6.92 Å². The van der Waals surface area contributed by atoms with Crippen molar-refractivity contribution >= 4 is 0 Å². The van der Waals surface area contributed by atoms with Crippen LogP contribution in [0.25, 0.3) is 5.69 Å². The largest absolute Gasteiger partial charge is 0.389 e. The summed E-state index contributed by atoms with van der Waals surface area (Å²) in [5.41, 5.74) is 1.89. The minimum absolute atomic E-state index is 0.243. The van der Waals surface area contributed by atoms with Crippen LogP contribution in [0.1, 0.15) is 43.6 Å². The lowest BCUT2D eigenvalue weighted by molar-refractivity contribution is -0.0329. The van der Waals surface area contributed by atoms with Crippen LogP contribution in [0.4, 0.5) is 0 Å². The molecule has 1 saturated carbocycles. The molecule has 1 aromatic carbocycles. The summed E-state index contributed by atoms with van der Waals surface area (Å²) < 4.78 is 2.07. The maximum atomic E-state index is 10.1. The summed E-state index contributed by atoms with van der Waals surface area (Å²) in [6.45, 7) is 4.81. The third-order valence-corrected chi connectivity index (χ3v) is 4.52. The summed E-state index contributed by atoms with van der Waals surface area (Å²) in [6.07, 6.45) is 6.77. The molecule has 112 valence electrons. The van der Waals surface area contributed by atoms with Crippen molar-refractivity contribution in [3.05, 3.63) is 48.0 Å². The van der Waals surface area contributed by atoms with E-state index in [0.29, 0.717) is 6.54 Å². The summed E-state index contributed by atoms with van der Waals surface area (Å²) in [5, 5.41) is 13.6. The lowest BCUT2D eigenvalue weighted by Crippen LogP contribution is -2.46. The van der Waals surface area contributed by atoms with Crippen LogP contribution < -0.4 is 5.32 Å². The molecule has 1 atom stereocenters. The highest BCUT2D eigenvalue weighted by Crippen LogP contribution is 2.31. The molecule has 1 unspecified atom stereocenters. The summed E-state index contributed by atoms with van der Waals surface area (Å²) in [4.78, 5) is 4.25. The molecule has 4 nitrogen and oxygen atoms in total. The molecule has 0 saturated heterocycles. The topological polar surface area (TPSA) is 50.1 Å². The van der Waals surface area contributed by atoms with Gasteiger partial charge in [-0.2, -0.15) is 0 Å². The molecule has 4 heteroatoms. The highest BCUT2D eigenvalue weighted by molar-refractivity contribution is 5.36. The van der Waals surface area contributed by atoms with E-state index in [1.807, 2.05) is 19.3 Å². The fourth-order valence-electron chi connectivity index (χ4n) is 2.80. The first-order valence-electron chi connectivity index (χ1n) is 7.63. The SMILES string of the molecule is Cc1nccn1-c1ccc(C(C)NCC2(O)CCC2)cc1. The zero-order valence-electron chi connectivity index (χ0n) is 12.7. The average Bonchev–Trinajstić information content (AvgIpc) is 2.89. The van der Waals surface area contributed by atoms with Crippen molar-refractivity contribution in [2.75, 3.05) is 6.54 Å². The van der Waals surface area contributed by atoms with Crippen LogP contribution in [0.5, 0.6) is 0 Å². The van der Waals surface area contributed by atoms with Crippen LogP contribution >= 0.6 is 0 Å². The van der Waals surface area contributed by atoms with E-state index in [0.717, 1.165) is 30.8 Å². The van der Waals surface area contributed by atoms with Crippen LogP contribution in [-0.4, -0.2) is 26.8 Å². The number of aliphatic hydroxyl groups is 1. The van der Waals surface area contributed by atoms with E-state index in [4.69, 9.17) is 0 Å². The number of hydrogen-bond donors (Lipinski definition) is 2. The Labute approximate surface area is 125 Å². The second-order valence-corrected chi connectivity index (χ2v) is 6.12. The van der Waals surface area contributed by atoms with Gasteiger partial charge in [0.1, 0.15) is 5.82 Å². The summed E-state index contributed by atoms with van der Waals surface area (Å²) in [7, 11) is 0. The third-order valence-electron chi connectivity index (χ3n) is 4.52. The second-order valence-electron chi connectivity index (χ2n) is 6.12. The lowest BCUT2D eigenvalue weighted by atomic mass is 9.80. The van der Waals surface area contributed by atoms with Crippen molar-refractivity contribution in [3.8, 4) is 5.69 Å². The Hall–Kier alpha value is -1.65. The van der Waals surface area contributed by atoms with Gasteiger partial charge in [0.2, 0.25) is 0 Å². The summed E-state index contributed by atoms with van der Waals surface area (Å²) in [5.74, 6) is 0.987. The molecular weight excluding hydrogens is 262 g/mol. The fourth-order valence-corrected chi connectivity index (χ4v) is 2.80. The van der Waals surface area contributed by atoms with E-state index in [1.165, 1.54) is 5.56 Å². The Morgan fingerprint density at radius 2 is 2.05 bits per heavy atom. The van der Waals surface area contributed by atoms with E-state index in [9.17, 15) is 5.11 Å². The first kappa shape index (κ1) is 14.3. The van der Waals surface area contributed by atoms with Gasteiger partial charge in [-0.25, -0.2) is 4.98 Å². The maximum absolute atomic E-state index is 10.1. The Morgan fingerprint density at radius 3 is 2.57 bits per heavy atom. The van der Waals surface area contributed by atoms with Crippen molar-refractivity contribution in [3.63, 3.8) is 0 Å². The molecule has 1 heterocycles. The van der Waals surface area contributed by atoms with Crippen molar-refractivity contribution in [2.45, 2.75) is 44.8 Å². The Morgan fingerprint density at radius 1 is 1.33 bits per heavy atom. The summed E-state index contributed by atoms with van der Waals surface area (Å²) >= 11 is 0. The molecule has 0 spiro atoms. The van der Waals surface area contributed by atoms with Gasteiger partial charge in [-0.15, -0.1) is 0 Å². The minimum Gasteiger partial charge on any atom is -0.389 e. The second kappa shape index (κ2) is 5.62. The first-order valence-corrected chi connectivity index (χ1v) is 7.63. The van der Waals surface area contributed by atoms with Gasteiger partial charge < -0.3 is 15.0 Å². The predicted molar refractivity (Wildman–Crippen MR) is 83.5 cm³/mol. The van der Waals surface area contributed by atoms with Gasteiger partial charge in [-0.05, 0) is 50.8 Å². The number of nitrogens with zero attached hydrogens (tertiary/aromatic N) is 2. The predicted octanol–water partition coefficient (Wildman–Crippen LogP) is 2.75.